The lowest BCUT2D eigenvalue weighted by atomic mass is 9.97. The number of ketones is 1. The number of rotatable bonds is 8. The molecule has 0 fully saturated rings. The molecule has 0 aliphatic rings. The Morgan fingerprint density at radius 3 is 2.46 bits per heavy atom. The minimum atomic E-state index is -0.650. The second kappa shape index (κ2) is 9.20. The van der Waals surface area contributed by atoms with Crippen LogP contribution in [0.3, 0.4) is 0 Å². The van der Waals surface area contributed by atoms with Gasteiger partial charge in [0, 0.05) is 12.7 Å². The molecule has 0 aliphatic carbocycles. The molecule has 1 aromatic heterocycles. The van der Waals surface area contributed by atoms with E-state index in [0.29, 0.717) is 23.8 Å². The molecule has 1 N–H and O–H groups in total. The first-order valence-electron chi connectivity index (χ1n) is 8.94. The predicted molar refractivity (Wildman–Crippen MR) is 104 cm³/mol. The van der Waals surface area contributed by atoms with Gasteiger partial charge in [-0.05, 0) is 42.7 Å². The average molecular weight is 384 g/mol. The summed E-state index contributed by atoms with van der Waals surface area (Å²) in [5.74, 6) is 0.0594. The summed E-state index contributed by atoms with van der Waals surface area (Å²) in [6, 6.07) is 8.36. The van der Waals surface area contributed by atoms with E-state index in [1.807, 2.05) is 19.9 Å². The van der Waals surface area contributed by atoms with Crippen LogP contribution in [0.4, 0.5) is 0 Å². The third-order valence-electron chi connectivity index (χ3n) is 4.25. The Morgan fingerprint density at radius 1 is 1.29 bits per heavy atom. The maximum Gasteiger partial charge on any atom is 0.271 e. The highest BCUT2D eigenvalue weighted by Crippen LogP contribution is 2.25. The quantitative estimate of drug-likeness (QED) is 0.702. The van der Waals surface area contributed by atoms with Gasteiger partial charge in [-0.2, -0.15) is 5.26 Å². The number of hydrogen-bond acceptors (Lipinski definition) is 6. The Hall–Kier alpha value is -3.11. The monoisotopic (exact) mass is 384 g/mol. The van der Waals surface area contributed by atoms with Crippen molar-refractivity contribution in [1.29, 1.82) is 5.26 Å². The number of hydrogen-bond donors (Lipinski definition) is 1. The topological polar surface area (TPSA) is 102 Å². The lowest BCUT2D eigenvalue weighted by molar-refractivity contribution is 0.103. The summed E-state index contributed by atoms with van der Waals surface area (Å²) < 4.78 is 11.5. The first kappa shape index (κ1) is 21.2. The van der Waals surface area contributed by atoms with Crippen molar-refractivity contribution < 1.29 is 19.4 Å². The van der Waals surface area contributed by atoms with Crippen LogP contribution in [0.2, 0.25) is 0 Å². The molecule has 7 heteroatoms. The first-order valence-corrected chi connectivity index (χ1v) is 8.94. The molecule has 0 saturated carbocycles. The SMILES string of the molecule is COCCn1c(O)c(C(=O)c2ccc(OCC(C)C)cc2)c(C)c(C#N)c1=O. The largest absolute Gasteiger partial charge is 0.494 e. The Labute approximate surface area is 163 Å². The molecule has 0 aliphatic heterocycles. The summed E-state index contributed by atoms with van der Waals surface area (Å²) in [5.41, 5.74) is -0.416. The van der Waals surface area contributed by atoms with Gasteiger partial charge in [0.25, 0.3) is 5.56 Å². The molecule has 0 bridgehead atoms. The van der Waals surface area contributed by atoms with Crippen molar-refractivity contribution in [3.05, 3.63) is 56.9 Å². The highest BCUT2D eigenvalue weighted by Gasteiger charge is 2.24. The van der Waals surface area contributed by atoms with Gasteiger partial charge < -0.3 is 14.6 Å². The van der Waals surface area contributed by atoms with E-state index in [4.69, 9.17) is 9.47 Å². The smallest absolute Gasteiger partial charge is 0.271 e. The van der Waals surface area contributed by atoms with Gasteiger partial charge in [-0.25, -0.2) is 0 Å². The maximum absolute atomic E-state index is 13.0. The van der Waals surface area contributed by atoms with Crippen molar-refractivity contribution in [3.8, 4) is 17.7 Å². The Morgan fingerprint density at radius 2 is 1.93 bits per heavy atom. The number of carbonyl (C=O) groups excluding carboxylic acids is 1. The van der Waals surface area contributed by atoms with Crippen LogP contribution in [0.5, 0.6) is 11.6 Å². The van der Waals surface area contributed by atoms with E-state index in [2.05, 4.69) is 0 Å². The number of ether oxygens (including phenoxy) is 2. The highest BCUT2D eigenvalue weighted by molar-refractivity contribution is 6.11. The molecule has 28 heavy (non-hydrogen) atoms. The number of methoxy groups -OCH3 is 1. The molecule has 0 saturated heterocycles. The Bertz CT molecular complexity index is 953. The zero-order chi connectivity index (χ0) is 20.8. The molecule has 0 spiro atoms. The molecule has 1 heterocycles. The molecular weight excluding hydrogens is 360 g/mol. The van der Waals surface area contributed by atoms with Gasteiger partial charge in [0.2, 0.25) is 5.88 Å². The normalized spacial score (nSPS) is 10.7. The lowest BCUT2D eigenvalue weighted by Gasteiger charge is -2.15. The van der Waals surface area contributed by atoms with Crippen LogP contribution in [0.1, 0.15) is 40.9 Å². The number of aromatic nitrogens is 1. The van der Waals surface area contributed by atoms with E-state index < -0.39 is 17.2 Å². The van der Waals surface area contributed by atoms with Crippen LogP contribution >= 0.6 is 0 Å². The molecule has 2 aromatic rings. The second-order valence-corrected chi connectivity index (χ2v) is 6.82. The summed E-state index contributed by atoms with van der Waals surface area (Å²) in [6.07, 6.45) is 0. The molecule has 148 valence electrons. The zero-order valence-corrected chi connectivity index (χ0v) is 16.5. The Kier molecular flexibility index (Phi) is 6.96. The molecule has 7 nitrogen and oxygen atoms in total. The number of carbonyl (C=O) groups is 1. The van der Waals surface area contributed by atoms with Gasteiger partial charge in [0.05, 0.1) is 25.3 Å². The number of pyridine rings is 1. The van der Waals surface area contributed by atoms with E-state index >= 15 is 0 Å². The van der Waals surface area contributed by atoms with Crippen LogP contribution in [0.25, 0.3) is 0 Å². The van der Waals surface area contributed by atoms with Gasteiger partial charge in [0.1, 0.15) is 17.4 Å². The van der Waals surface area contributed by atoms with Crippen LogP contribution in [0, 0.1) is 24.2 Å². The minimum absolute atomic E-state index is 0.0262. The first-order chi connectivity index (χ1) is 13.3. The fraction of sp³-hybridized carbons (Fsp3) is 0.381. The van der Waals surface area contributed by atoms with Gasteiger partial charge in [-0.1, -0.05) is 13.8 Å². The van der Waals surface area contributed by atoms with Crippen LogP contribution < -0.4 is 10.3 Å². The van der Waals surface area contributed by atoms with Crippen LogP contribution in [-0.2, 0) is 11.3 Å². The molecule has 0 amide bonds. The van der Waals surface area contributed by atoms with Gasteiger partial charge in [0.15, 0.2) is 5.78 Å². The zero-order valence-electron chi connectivity index (χ0n) is 16.5. The fourth-order valence-corrected chi connectivity index (χ4v) is 2.72. The van der Waals surface area contributed by atoms with E-state index in [1.54, 1.807) is 24.3 Å². The molecule has 1 aromatic carbocycles. The number of nitriles is 1. The molecule has 2 rings (SSSR count). The van der Waals surface area contributed by atoms with E-state index in [0.717, 1.165) is 4.57 Å². The van der Waals surface area contributed by atoms with E-state index in [-0.39, 0.29) is 29.8 Å². The van der Waals surface area contributed by atoms with Gasteiger partial charge >= 0.3 is 0 Å². The predicted octanol–water partition coefficient (Wildman–Crippen LogP) is 2.65. The van der Waals surface area contributed by atoms with Crippen molar-refractivity contribution in [3.63, 3.8) is 0 Å². The summed E-state index contributed by atoms with van der Waals surface area (Å²) in [7, 11) is 1.45. The van der Waals surface area contributed by atoms with Crippen LogP contribution in [0.15, 0.2) is 29.1 Å². The number of aromatic hydroxyl groups is 1. The van der Waals surface area contributed by atoms with Crippen molar-refractivity contribution in [2.24, 2.45) is 5.92 Å². The second-order valence-electron chi connectivity index (χ2n) is 6.82. The summed E-state index contributed by atoms with van der Waals surface area (Å²) in [4.78, 5) is 25.4. The Balaban J connectivity index is 2.47. The van der Waals surface area contributed by atoms with Gasteiger partial charge in [-0.3, -0.25) is 14.2 Å². The molecular formula is C21H24N2O5. The summed E-state index contributed by atoms with van der Waals surface area (Å²) >= 11 is 0. The van der Waals surface area contributed by atoms with E-state index in [9.17, 15) is 20.0 Å². The van der Waals surface area contributed by atoms with Crippen molar-refractivity contribution >= 4 is 5.78 Å². The third-order valence-corrected chi connectivity index (χ3v) is 4.25. The van der Waals surface area contributed by atoms with Crippen LogP contribution in [-0.4, -0.2) is 35.8 Å². The summed E-state index contributed by atoms with van der Waals surface area (Å²) in [5, 5.41) is 19.9. The molecule has 0 atom stereocenters. The maximum atomic E-state index is 13.0. The van der Waals surface area contributed by atoms with Crippen molar-refractivity contribution in [2.75, 3.05) is 20.3 Å². The number of nitrogens with zero attached hydrogens (tertiary/aromatic N) is 2. The standard InChI is InChI=1S/C21H24N2O5/c1-13(2)12-28-16-7-5-15(6-8-16)19(24)18-14(3)17(11-22)20(25)23(21(18)26)9-10-27-4/h5-8,13,26H,9-10,12H2,1-4H3. The molecule has 0 radical (unpaired) electrons. The van der Waals surface area contributed by atoms with Gasteiger partial charge in [-0.15, -0.1) is 0 Å². The minimum Gasteiger partial charge on any atom is -0.494 e. The molecule has 0 unspecified atom stereocenters. The number of benzene rings is 1. The lowest BCUT2D eigenvalue weighted by Crippen LogP contribution is -2.28. The fourth-order valence-electron chi connectivity index (χ4n) is 2.72. The highest BCUT2D eigenvalue weighted by atomic mass is 16.5. The van der Waals surface area contributed by atoms with Crippen molar-refractivity contribution in [2.45, 2.75) is 27.3 Å². The third kappa shape index (κ3) is 4.41. The van der Waals surface area contributed by atoms with Crippen molar-refractivity contribution in [1.82, 2.24) is 4.57 Å². The summed E-state index contributed by atoms with van der Waals surface area (Å²) in [6.45, 7) is 6.29. The average Bonchev–Trinajstić information content (AvgIpc) is 2.67. The van der Waals surface area contributed by atoms with E-state index in [1.165, 1.54) is 14.0 Å².